The third-order valence-electron chi connectivity index (χ3n) is 3.82. The number of rotatable bonds is 8. The van der Waals surface area contributed by atoms with Gasteiger partial charge in [-0.1, -0.05) is 35.9 Å². The number of halogens is 1. The Morgan fingerprint density at radius 3 is 2.67 bits per heavy atom. The summed E-state index contributed by atoms with van der Waals surface area (Å²) in [5.74, 6) is 0.732. The van der Waals surface area contributed by atoms with E-state index in [9.17, 15) is 10.1 Å². The number of nitriles is 1. The maximum absolute atomic E-state index is 12.3. The topological polar surface area (TPSA) is 84.2 Å². The molecule has 3 aromatic rings. The van der Waals surface area contributed by atoms with E-state index in [4.69, 9.17) is 21.1 Å². The van der Waals surface area contributed by atoms with Crippen molar-refractivity contribution in [3.05, 3.63) is 75.8 Å². The number of aromatic nitrogens is 1. The minimum Gasteiger partial charge on any atom is -0.490 e. The highest BCUT2D eigenvalue weighted by Gasteiger charge is 2.12. The van der Waals surface area contributed by atoms with Crippen LogP contribution in [0, 0.1) is 18.3 Å². The SMILES string of the molecule is Cc1csc(NC(=O)/C(C#N)=C\c2ccc(OCCOc3ccccc3)c(Cl)c2)n1. The Labute approximate surface area is 183 Å². The number of nitrogens with one attached hydrogen (secondary N) is 1. The number of thiazole rings is 1. The molecule has 1 N–H and O–H groups in total. The lowest BCUT2D eigenvalue weighted by Crippen LogP contribution is -2.13. The summed E-state index contributed by atoms with van der Waals surface area (Å²) >= 11 is 7.57. The molecule has 2 aromatic carbocycles. The lowest BCUT2D eigenvalue weighted by molar-refractivity contribution is -0.112. The fraction of sp³-hybridized carbons (Fsp3) is 0.136. The fourth-order valence-corrected chi connectivity index (χ4v) is 3.37. The Balaban J connectivity index is 1.58. The molecule has 0 unspecified atom stereocenters. The van der Waals surface area contributed by atoms with Gasteiger partial charge in [-0.2, -0.15) is 5.26 Å². The normalized spacial score (nSPS) is 10.9. The van der Waals surface area contributed by atoms with Crippen LogP contribution in [-0.4, -0.2) is 24.1 Å². The minimum atomic E-state index is -0.527. The Morgan fingerprint density at radius 2 is 2.00 bits per heavy atom. The molecule has 0 fully saturated rings. The van der Waals surface area contributed by atoms with E-state index in [1.807, 2.05) is 48.7 Å². The summed E-state index contributed by atoms with van der Waals surface area (Å²) in [4.78, 5) is 16.5. The summed E-state index contributed by atoms with van der Waals surface area (Å²) in [6, 6.07) is 16.4. The van der Waals surface area contributed by atoms with Crippen LogP contribution < -0.4 is 14.8 Å². The van der Waals surface area contributed by atoms with Crippen LogP contribution in [0.25, 0.3) is 6.08 Å². The second-order valence-electron chi connectivity index (χ2n) is 6.12. The van der Waals surface area contributed by atoms with Gasteiger partial charge in [0, 0.05) is 5.38 Å². The summed E-state index contributed by atoms with van der Waals surface area (Å²) in [5, 5.41) is 14.6. The third kappa shape index (κ3) is 6.08. The van der Waals surface area contributed by atoms with E-state index in [1.165, 1.54) is 17.4 Å². The van der Waals surface area contributed by atoms with Crippen LogP contribution in [0.1, 0.15) is 11.3 Å². The molecule has 0 atom stereocenters. The van der Waals surface area contributed by atoms with Crippen LogP contribution in [-0.2, 0) is 4.79 Å². The number of anilines is 1. The molecule has 0 bridgehead atoms. The lowest BCUT2D eigenvalue weighted by Gasteiger charge is -2.10. The number of para-hydroxylation sites is 1. The number of carbonyl (C=O) groups is 1. The summed E-state index contributed by atoms with van der Waals surface area (Å²) in [5.41, 5.74) is 1.35. The first-order chi connectivity index (χ1) is 14.5. The number of ether oxygens (including phenoxy) is 2. The molecule has 0 aliphatic rings. The second kappa shape index (κ2) is 10.4. The van der Waals surface area contributed by atoms with Crippen LogP contribution in [0.4, 0.5) is 5.13 Å². The van der Waals surface area contributed by atoms with E-state index >= 15 is 0 Å². The van der Waals surface area contributed by atoms with Crippen molar-refractivity contribution in [2.45, 2.75) is 6.92 Å². The predicted octanol–water partition coefficient (Wildman–Crippen LogP) is 5.11. The van der Waals surface area contributed by atoms with Crippen LogP contribution in [0.3, 0.4) is 0 Å². The molecular weight excluding hydrogens is 422 g/mol. The van der Waals surface area contributed by atoms with Crippen LogP contribution in [0.15, 0.2) is 59.5 Å². The molecule has 152 valence electrons. The maximum atomic E-state index is 12.3. The predicted molar refractivity (Wildman–Crippen MR) is 118 cm³/mol. The van der Waals surface area contributed by atoms with Crippen molar-refractivity contribution < 1.29 is 14.3 Å². The Morgan fingerprint density at radius 1 is 1.23 bits per heavy atom. The highest BCUT2D eigenvalue weighted by atomic mass is 35.5. The van der Waals surface area contributed by atoms with Gasteiger partial charge >= 0.3 is 0 Å². The van der Waals surface area contributed by atoms with Gasteiger partial charge in [0.25, 0.3) is 5.91 Å². The average molecular weight is 440 g/mol. The van der Waals surface area contributed by atoms with Gasteiger partial charge in [-0.3, -0.25) is 10.1 Å². The van der Waals surface area contributed by atoms with E-state index in [0.717, 1.165) is 11.4 Å². The van der Waals surface area contributed by atoms with E-state index in [1.54, 1.807) is 18.2 Å². The second-order valence-corrected chi connectivity index (χ2v) is 7.38. The fourth-order valence-electron chi connectivity index (χ4n) is 2.44. The number of hydrogen-bond acceptors (Lipinski definition) is 6. The first-order valence-electron chi connectivity index (χ1n) is 9.00. The number of carbonyl (C=O) groups excluding carboxylic acids is 1. The molecule has 1 heterocycles. The average Bonchev–Trinajstić information content (AvgIpc) is 3.15. The van der Waals surface area contributed by atoms with E-state index in [2.05, 4.69) is 10.3 Å². The lowest BCUT2D eigenvalue weighted by atomic mass is 10.1. The van der Waals surface area contributed by atoms with Gasteiger partial charge in [0.1, 0.15) is 36.4 Å². The first kappa shape index (κ1) is 21.4. The molecule has 30 heavy (non-hydrogen) atoms. The molecule has 0 radical (unpaired) electrons. The van der Waals surface area contributed by atoms with Crippen molar-refractivity contribution in [3.8, 4) is 17.6 Å². The van der Waals surface area contributed by atoms with Crippen molar-refractivity contribution in [1.29, 1.82) is 5.26 Å². The van der Waals surface area contributed by atoms with Crippen LogP contribution >= 0.6 is 22.9 Å². The van der Waals surface area contributed by atoms with Crippen molar-refractivity contribution in [2.75, 3.05) is 18.5 Å². The maximum Gasteiger partial charge on any atom is 0.268 e. The van der Waals surface area contributed by atoms with E-state index in [-0.39, 0.29) is 5.57 Å². The number of aryl methyl sites for hydroxylation is 1. The first-order valence-corrected chi connectivity index (χ1v) is 10.3. The van der Waals surface area contributed by atoms with Gasteiger partial charge in [0.2, 0.25) is 0 Å². The molecule has 1 amide bonds. The third-order valence-corrected chi connectivity index (χ3v) is 5.00. The largest absolute Gasteiger partial charge is 0.490 e. The van der Waals surface area contributed by atoms with Gasteiger partial charge in [0.05, 0.1) is 10.7 Å². The molecular formula is C22H18ClN3O3S. The zero-order valence-electron chi connectivity index (χ0n) is 16.1. The molecule has 0 spiro atoms. The van der Waals surface area contributed by atoms with E-state index in [0.29, 0.717) is 34.7 Å². The Bertz CT molecular complexity index is 1090. The highest BCUT2D eigenvalue weighted by Crippen LogP contribution is 2.26. The number of hydrogen-bond donors (Lipinski definition) is 1. The summed E-state index contributed by atoms with van der Waals surface area (Å²) < 4.78 is 11.2. The van der Waals surface area contributed by atoms with Crippen LogP contribution in [0.5, 0.6) is 11.5 Å². The van der Waals surface area contributed by atoms with Crippen molar-refractivity contribution in [3.63, 3.8) is 0 Å². The smallest absolute Gasteiger partial charge is 0.268 e. The van der Waals surface area contributed by atoms with Crippen molar-refractivity contribution >= 4 is 40.1 Å². The molecule has 0 aliphatic heterocycles. The Hall–Kier alpha value is -3.34. The van der Waals surface area contributed by atoms with Gasteiger partial charge in [-0.25, -0.2) is 4.98 Å². The molecule has 1 aromatic heterocycles. The molecule has 0 saturated heterocycles. The van der Waals surface area contributed by atoms with Gasteiger partial charge in [-0.05, 0) is 42.8 Å². The molecule has 6 nitrogen and oxygen atoms in total. The van der Waals surface area contributed by atoms with Gasteiger partial charge < -0.3 is 9.47 Å². The molecule has 0 aliphatic carbocycles. The van der Waals surface area contributed by atoms with Crippen LogP contribution in [0.2, 0.25) is 5.02 Å². The Kier molecular flexibility index (Phi) is 7.44. The minimum absolute atomic E-state index is 0.0520. The number of amides is 1. The van der Waals surface area contributed by atoms with Crippen molar-refractivity contribution in [1.82, 2.24) is 4.98 Å². The summed E-state index contributed by atoms with van der Waals surface area (Å²) in [7, 11) is 0. The van der Waals surface area contributed by atoms with Gasteiger partial charge in [0.15, 0.2) is 5.13 Å². The van der Waals surface area contributed by atoms with Crippen molar-refractivity contribution in [2.24, 2.45) is 0 Å². The van der Waals surface area contributed by atoms with E-state index < -0.39 is 5.91 Å². The summed E-state index contributed by atoms with van der Waals surface area (Å²) in [6.07, 6.45) is 1.46. The zero-order valence-corrected chi connectivity index (χ0v) is 17.7. The molecule has 0 saturated carbocycles. The highest BCUT2D eigenvalue weighted by molar-refractivity contribution is 7.13. The molecule has 8 heteroatoms. The summed E-state index contributed by atoms with van der Waals surface area (Å²) in [6.45, 7) is 2.52. The standard InChI is InChI=1S/C22H18ClN3O3S/c1-15-14-30-22(25-15)26-21(27)17(13-24)11-16-7-8-20(19(23)12-16)29-10-9-28-18-5-3-2-4-6-18/h2-8,11-12,14H,9-10H2,1H3,(H,25,26,27)/b17-11-. The van der Waals surface area contributed by atoms with Gasteiger partial charge in [-0.15, -0.1) is 11.3 Å². The quantitative estimate of drug-likeness (QED) is 0.299. The zero-order chi connectivity index (χ0) is 21.3. The number of nitrogens with zero attached hydrogens (tertiary/aromatic N) is 2. The number of benzene rings is 2. The molecule has 3 rings (SSSR count). The monoisotopic (exact) mass is 439 g/mol.